The summed E-state index contributed by atoms with van der Waals surface area (Å²) in [6.45, 7) is 4.30. The van der Waals surface area contributed by atoms with Gasteiger partial charge >= 0.3 is 0 Å². The molecule has 0 aromatic carbocycles. The van der Waals surface area contributed by atoms with E-state index in [2.05, 4.69) is 18.8 Å². The summed E-state index contributed by atoms with van der Waals surface area (Å²) in [7, 11) is 0. The Balaban J connectivity index is 2.98. The maximum absolute atomic E-state index is 5.82. The zero-order valence-electron chi connectivity index (χ0n) is 8.48. The number of rotatable bonds is 4. The van der Waals surface area contributed by atoms with Crippen LogP contribution in [0.4, 0.5) is 11.6 Å². The number of aromatic amines is 1. The average molecular weight is 181 g/mol. The Hall–Kier alpha value is -1.12. The molecule has 3 nitrogen and oxygen atoms in total. The van der Waals surface area contributed by atoms with E-state index in [1.165, 1.54) is 11.1 Å². The van der Waals surface area contributed by atoms with Crippen LogP contribution >= 0.6 is 0 Å². The lowest BCUT2D eigenvalue weighted by molar-refractivity contribution is 0.872. The Labute approximate surface area is 79.5 Å². The van der Waals surface area contributed by atoms with E-state index in [9.17, 15) is 0 Å². The topological polar surface area (TPSA) is 67.8 Å². The summed E-state index contributed by atoms with van der Waals surface area (Å²) >= 11 is 0. The van der Waals surface area contributed by atoms with Crippen LogP contribution in [-0.4, -0.2) is 4.98 Å². The van der Waals surface area contributed by atoms with Crippen molar-refractivity contribution in [3.8, 4) is 0 Å². The molecule has 0 fully saturated rings. The molecule has 5 N–H and O–H groups in total. The predicted molar refractivity (Wildman–Crippen MR) is 57.6 cm³/mol. The summed E-state index contributed by atoms with van der Waals surface area (Å²) in [5.74, 6) is 1.51. The van der Waals surface area contributed by atoms with Crippen LogP contribution in [-0.2, 0) is 12.8 Å². The van der Waals surface area contributed by atoms with Gasteiger partial charge in [0.05, 0.1) is 0 Å². The summed E-state index contributed by atoms with van der Waals surface area (Å²) in [4.78, 5) is 3.00. The van der Waals surface area contributed by atoms with E-state index in [1.807, 2.05) is 0 Å². The van der Waals surface area contributed by atoms with Gasteiger partial charge in [-0.25, -0.2) is 0 Å². The largest absolute Gasteiger partial charge is 0.385 e. The van der Waals surface area contributed by atoms with Crippen molar-refractivity contribution in [3.05, 3.63) is 11.1 Å². The van der Waals surface area contributed by atoms with Gasteiger partial charge < -0.3 is 16.5 Å². The molecule has 0 unspecified atom stereocenters. The highest BCUT2D eigenvalue weighted by Gasteiger charge is 2.11. The Morgan fingerprint density at radius 2 is 1.31 bits per heavy atom. The molecule has 74 valence electrons. The lowest BCUT2D eigenvalue weighted by atomic mass is 10.0. The minimum absolute atomic E-state index is 0.753. The van der Waals surface area contributed by atoms with Gasteiger partial charge in [0.15, 0.2) is 0 Å². The molecule has 1 heterocycles. The molecule has 0 aliphatic heterocycles. The highest BCUT2D eigenvalue weighted by atomic mass is 14.9. The maximum atomic E-state index is 5.82. The number of nitrogen functional groups attached to an aromatic ring is 2. The van der Waals surface area contributed by atoms with E-state index in [4.69, 9.17) is 11.5 Å². The highest BCUT2D eigenvalue weighted by molar-refractivity contribution is 5.58. The normalized spacial score (nSPS) is 10.6. The molecule has 0 saturated heterocycles. The molecule has 0 aliphatic carbocycles. The van der Waals surface area contributed by atoms with E-state index < -0.39 is 0 Å². The molecule has 13 heavy (non-hydrogen) atoms. The van der Waals surface area contributed by atoms with Crippen molar-refractivity contribution in [2.75, 3.05) is 11.5 Å². The van der Waals surface area contributed by atoms with E-state index in [1.54, 1.807) is 0 Å². The molecule has 1 aromatic rings. The first-order valence-corrected chi connectivity index (χ1v) is 4.95. The molecule has 3 heteroatoms. The molecule has 1 aromatic heterocycles. The maximum Gasteiger partial charge on any atom is 0.105 e. The van der Waals surface area contributed by atoms with Crippen molar-refractivity contribution in [2.45, 2.75) is 39.5 Å². The molecule has 1 rings (SSSR count). The van der Waals surface area contributed by atoms with Crippen LogP contribution in [0.3, 0.4) is 0 Å². The van der Waals surface area contributed by atoms with Gasteiger partial charge in [0.2, 0.25) is 0 Å². The Kier molecular flexibility index (Phi) is 3.23. The lowest BCUT2D eigenvalue weighted by Crippen LogP contribution is -1.95. The van der Waals surface area contributed by atoms with Gasteiger partial charge in [0.1, 0.15) is 11.6 Å². The first kappa shape index (κ1) is 9.96. The first-order valence-electron chi connectivity index (χ1n) is 4.95. The molecular weight excluding hydrogens is 162 g/mol. The number of anilines is 2. The monoisotopic (exact) mass is 181 g/mol. The number of nitrogens with two attached hydrogens (primary N) is 2. The second-order valence-corrected chi connectivity index (χ2v) is 3.41. The van der Waals surface area contributed by atoms with Crippen LogP contribution < -0.4 is 11.5 Å². The second kappa shape index (κ2) is 4.21. The van der Waals surface area contributed by atoms with Crippen molar-refractivity contribution in [3.63, 3.8) is 0 Å². The van der Waals surface area contributed by atoms with E-state index in [0.29, 0.717) is 0 Å². The van der Waals surface area contributed by atoms with Gasteiger partial charge in [-0.2, -0.15) is 0 Å². The van der Waals surface area contributed by atoms with Crippen molar-refractivity contribution in [2.24, 2.45) is 0 Å². The van der Waals surface area contributed by atoms with E-state index >= 15 is 0 Å². The van der Waals surface area contributed by atoms with Gasteiger partial charge in [-0.15, -0.1) is 0 Å². The van der Waals surface area contributed by atoms with Crippen LogP contribution in [0.5, 0.6) is 0 Å². The average Bonchev–Trinajstić information content (AvgIpc) is 2.33. The van der Waals surface area contributed by atoms with Crippen molar-refractivity contribution in [1.82, 2.24) is 4.98 Å². The minimum Gasteiger partial charge on any atom is -0.385 e. The lowest BCUT2D eigenvalue weighted by Gasteiger charge is -2.02. The third kappa shape index (κ3) is 1.97. The second-order valence-electron chi connectivity index (χ2n) is 3.41. The van der Waals surface area contributed by atoms with Crippen LogP contribution in [0.2, 0.25) is 0 Å². The summed E-state index contributed by atoms with van der Waals surface area (Å²) in [5, 5.41) is 0. The predicted octanol–water partition coefficient (Wildman–Crippen LogP) is 2.08. The SMILES string of the molecule is CCCc1c(N)[nH]c(N)c1CCC. The van der Waals surface area contributed by atoms with Crippen molar-refractivity contribution >= 4 is 11.6 Å². The summed E-state index contributed by atoms with van der Waals surface area (Å²) in [5.41, 5.74) is 14.1. The summed E-state index contributed by atoms with van der Waals surface area (Å²) in [6.07, 6.45) is 4.26. The quantitative estimate of drug-likeness (QED) is 0.665. The number of nitrogens with one attached hydrogen (secondary N) is 1. The number of aromatic nitrogens is 1. The molecule has 0 aliphatic rings. The fourth-order valence-electron chi connectivity index (χ4n) is 1.69. The molecule has 0 radical (unpaired) electrons. The van der Waals surface area contributed by atoms with Crippen LogP contribution in [0, 0.1) is 0 Å². The third-order valence-electron chi connectivity index (χ3n) is 2.28. The Morgan fingerprint density at radius 3 is 1.62 bits per heavy atom. The van der Waals surface area contributed by atoms with Gasteiger partial charge in [0.25, 0.3) is 0 Å². The van der Waals surface area contributed by atoms with Gasteiger partial charge in [-0.05, 0) is 24.0 Å². The number of hydrogen-bond acceptors (Lipinski definition) is 2. The summed E-state index contributed by atoms with van der Waals surface area (Å²) < 4.78 is 0. The number of H-pyrrole nitrogens is 1. The zero-order valence-corrected chi connectivity index (χ0v) is 8.48. The fourth-order valence-corrected chi connectivity index (χ4v) is 1.69. The fraction of sp³-hybridized carbons (Fsp3) is 0.600. The molecule has 0 bridgehead atoms. The first-order chi connectivity index (χ1) is 6.20. The zero-order chi connectivity index (χ0) is 9.84. The number of hydrogen-bond donors (Lipinski definition) is 3. The van der Waals surface area contributed by atoms with E-state index in [-0.39, 0.29) is 0 Å². The van der Waals surface area contributed by atoms with Crippen molar-refractivity contribution < 1.29 is 0 Å². The van der Waals surface area contributed by atoms with Gasteiger partial charge in [0, 0.05) is 0 Å². The van der Waals surface area contributed by atoms with Gasteiger partial charge in [-0.3, -0.25) is 0 Å². The van der Waals surface area contributed by atoms with Crippen LogP contribution in [0.15, 0.2) is 0 Å². The van der Waals surface area contributed by atoms with Crippen molar-refractivity contribution in [1.29, 1.82) is 0 Å². The third-order valence-corrected chi connectivity index (χ3v) is 2.28. The van der Waals surface area contributed by atoms with E-state index in [0.717, 1.165) is 37.3 Å². The molecule has 0 spiro atoms. The Morgan fingerprint density at radius 1 is 0.923 bits per heavy atom. The molecule has 0 saturated carbocycles. The standard InChI is InChI=1S/C10H19N3/c1-3-5-7-8(6-4-2)10(12)13-9(7)11/h13H,3-6,11-12H2,1-2H3. The highest BCUT2D eigenvalue weighted by Crippen LogP contribution is 2.25. The van der Waals surface area contributed by atoms with Crippen LogP contribution in [0.25, 0.3) is 0 Å². The van der Waals surface area contributed by atoms with Gasteiger partial charge in [-0.1, -0.05) is 26.7 Å². The molecular formula is C10H19N3. The Bertz CT molecular complexity index is 249. The minimum atomic E-state index is 0.753. The van der Waals surface area contributed by atoms with Crippen LogP contribution in [0.1, 0.15) is 37.8 Å². The molecule has 0 amide bonds. The summed E-state index contributed by atoms with van der Waals surface area (Å²) in [6, 6.07) is 0. The smallest absolute Gasteiger partial charge is 0.105 e. The molecule has 0 atom stereocenters.